The number of aromatic nitrogens is 3. The van der Waals surface area contributed by atoms with Gasteiger partial charge in [-0.25, -0.2) is 9.97 Å². The number of rotatable bonds is 4. The first-order chi connectivity index (χ1) is 22.3. The molecule has 0 saturated carbocycles. The Kier molecular flexibility index (Phi) is 5.79. The minimum absolute atomic E-state index is 0.877. The van der Waals surface area contributed by atoms with E-state index in [1.165, 1.54) is 54.3 Å². The summed E-state index contributed by atoms with van der Waals surface area (Å²) < 4.78 is 2.28. The third-order valence-corrected chi connectivity index (χ3v) is 9.18. The van der Waals surface area contributed by atoms with E-state index in [9.17, 15) is 0 Å². The molecule has 9 aromatic rings. The molecule has 0 N–H and O–H groups in total. The summed E-state index contributed by atoms with van der Waals surface area (Å²) in [6.45, 7) is 3.05. The van der Waals surface area contributed by atoms with Crippen LogP contribution in [0.3, 0.4) is 0 Å². The molecule has 7 aromatic carbocycles. The SMILES string of the molecule is CCn1c(-c2ccc(-c3ccc(-c4nc5ccccc5c5c6ccccc6c6ccccc6c45)cc3)cc2)nc2ccccc21. The van der Waals surface area contributed by atoms with Crippen molar-refractivity contribution in [3.05, 3.63) is 146 Å². The highest BCUT2D eigenvalue weighted by molar-refractivity contribution is 6.33. The fourth-order valence-electron chi connectivity index (χ4n) is 7.08. The molecule has 0 atom stereocenters. The normalized spacial score (nSPS) is 11.8. The molecule has 9 rings (SSSR count). The van der Waals surface area contributed by atoms with Gasteiger partial charge in [-0.2, -0.15) is 0 Å². The summed E-state index contributed by atoms with van der Waals surface area (Å²) >= 11 is 0. The number of aryl methyl sites for hydroxylation is 1. The maximum absolute atomic E-state index is 5.30. The lowest BCUT2D eigenvalue weighted by atomic mass is 9.89. The third-order valence-electron chi connectivity index (χ3n) is 9.18. The summed E-state index contributed by atoms with van der Waals surface area (Å²) in [5.41, 5.74) is 8.83. The van der Waals surface area contributed by atoms with Gasteiger partial charge < -0.3 is 4.57 Å². The molecule has 3 nitrogen and oxygen atoms in total. The van der Waals surface area contributed by atoms with Crippen molar-refractivity contribution < 1.29 is 0 Å². The van der Waals surface area contributed by atoms with E-state index in [1.54, 1.807) is 0 Å². The summed E-state index contributed by atoms with van der Waals surface area (Å²) in [6, 6.07) is 52.1. The van der Waals surface area contributed by atoms with Crippen molar-refractivity contribution in [3.63, 3.8) is 0 Å². The van der Waals surface area contributed by atoms with Gasteiger partial charge in [-0.3, -0.25) is 0 Å². The molecule has 0 spiro atoms. The first-order valence-corrected chi connectivity index (χ1v) is 15.6. The molecule has 0 bridgehead atoms. The zero-order valence-electron chi connectivity index (χ0n) is 24.9. The van der Waals surface area contributed by atoms with Crippen LogP contribution in [0, 0.1) is 0 Å². The van der Waals surface area contributed by atoms with Crippen LogP contribution >= 0.6 is 0 Å². The highest BCUT2D eigenvalue weighted by Crippen LogP contribution is 2.42. The Morgan fingerprint density at radius 3 is 1.56 bits per heavy atom. The van der Waals surface area contributed by atoms with Gasteiger partial charge in [-0.15, -0.1) is 0 Å². The molecule has 212 valence electrons. The van der Waals surface area contributed by atoms with Crippen LogP contribution in [0.5, 0.6) is 0 Å². The number of fused-ring (bicyclic) bond motifs is 9. The second-order valence-corrected chi connectivity index (χ2v) is 11.6. The number of pyridine rings is 1. The second-order valence-electron chi connectivity index (χ2n) is 11.6. The molecule has 45 heavy (non-hydrogen) atoms. The van der Waals surface area contributed by atoms with Crippen molar-refractivity contribution in [3.8, 4) is 33.8 Å². The van der Waals surface area contributed by atoms with Crippen LogP contribution in [0.1, 0.15) is 6.92 Å². The first-order valence-electron chi connectivity index (χ1n) is 15.6. The standard InChI is InChI=1S/C42H29N3/c1-2-45-38-18-10-9-17-37(38)44-42(45)30-25-21-28(22-26-30)27-19-23-29(24-20-27)41-40-34-14-6-4-12-32(34)31-11-3-5-13-33(31)39(40)35-15-7-8-16-36(35)43-41/h3-26H,2H2,1H3. The summed E-state index contributed by atoms with van der Waals surface area (Å²) in [5.74, 6) is 1.01. The summed E-state index contributed by atoms with van der Waals surface area (Å²) in [5, 5.41) is 8.69. The Morgan fingerprint density at radius 1 is 0.422 bits per heavy atom. The second kappa shape index (κ2) is 10.1. The van der Waals surface area contributed by atoms with E-state index in [0.29, 0.717) is 0 Å². The molecule has 0 saturated heterocycles. The average molecular weight is 576 g/mol. The molecule has 0 aliphatic rings. The van der Waals surface area contributed by atoms with Crippen molar-refractivity contribution in [2.75, 3.05) is 0 Å². The van der Waals surface area contributed by atoms with E-state index in [-0.39, 0.29) is 0 Å². The maximum atomic E-state index is 5.30. The Bertz CT molecular complexity index is 2560. The Labute approximate surface area is 261 Å². The minimum Gasteiger partial charge on any atom is -0.324 e. The number of imidazole rings is 1. The lowest BCUT2D eigenvalue weighted by molar-refractivity contribution is 0.796. The van der Waals surface area contributed by atoms with Crippen molar-refractivity contribution in [2.45, 2.75) is 13.5 Å². The van der Waals surface area contributed by atoms with Crippen LogP contribution in [0.25, 0.3) is 88.0 Å². The quantitative estimate of drug-likeness (QED) is 0.195. The minimum atomic E-state index is 0.877. The summed E-state index contributed by atoms with van der Waals surface area (Å²) in [6.07, 6.45) is 0. The molecular weight excluding hydrogens is 546 g/mol. The zero-order valence-corrected chi connectivity index (χ0v) is 24.9. The monoisotopic (exact) mass is 575 g/mol. The van der Waals surface area contributed by atoms with Gasteiger partial charge in [0.1, 0.15) is 5.82 Å². The van der Waals surface area contributed by atoms with Crippen molar-refractivity contribution >= 4 is 54.3 Å². The van der Waals surface area contributed by atoms with Crippen LogP contribution in [0.15, 0.2) is 146 Å². The predicted octanol–water partition coefficient (Wildman–Crippen LogP) is 11.1. The van der Waals surface area contributed by atoms with E-state index in [2.05, 4.69) is 151 Å². The van der Waals surface area contributed by atoms with Gasteiger partial charge in [0.15, 0.2) is 0 Å². The van der Waals surface area contributed by atoms with Crippen LogP contribution in [0.2, 0.25) is 0 Å². The third kappa shape index (κ3) is 3.98. The van der Waals surface area contributed by atoms with E-state index >= 15 is 0 Å². The fraction of sp³-hybridized carbons (Fsp3) is 0.0476. The summed E-state index contributed by atoms with van der Waals surface area (Å²) in [4.78, 5) is 10.2. The van der Waals surface area contributed by atoms with Gasteiger partial charge in [0.25, 0.3) is 0 Å². The van der Waals surface area contributed by atoms with Gasteiger partial charge in [0.2, 0.25) is 0 Å². The van der Waals surface area contributed by atoms with E-state index in [0.717, 1.165) is 40.2 Å². The average Bonchev–Trinajstić information content (AvgIpc) is 3.50. The zero-order chi connectivity index (χ0) is 29.9. The van der Waals surface area contributed by atoms with E-state index in [1.807, 2.05) is 6.07 Å². The van der Waals surface area contributed by atoms with Gasteiger partial charge in [0, 0.05) is 33.8 Å². The largest absolute Gasteiger partial charge is 0.324 e. The van der Waals surface area contributed by atoms with Crippen molar-refractivity contribution in [1.82, 2.24) is 14.5 Å². The molecule has 0 aliphatic heterocycles. The number of nitrogens with zero attached hydrogens (tertiary/aromatic N) is 3. The number of hydrogen-bond donors (Lipinski definition) is 0. The van der Waals surface area contributed by atoms with Crippen LogP contribution < -0.4 is 0 Å². The highest BCUT2D eigenvalue weighted by atomic mass is 15.1. The molecule has 0 radical (unpaired) electrons. The predicted molar refractivity (Wildman–Crippen MR) is 190 cm³/mol. The molecule has 2 heterocycles. The first kappa shape index (κ1) is 25.7. The number of hydrogen-bond acceptors (Lipinski definition) is 2. The highest BCUT2D eigenvalue weighted by Gasteiger charge is 2.17. The Balaban J connectivity index is 1.18. The van der Waals surface area contributed by atoms with Crippen LogP contribution in [-0.4, -0.2) is 14.5 Å². The fourth-order valence-corrected chi connectivity index (χ4v) is 7.08. The number of para-hydroxylation sites is 3. The molecular formula is C42H29N3. The molecule has 3 heteroatoms. The van der Waals surface area contributed by atoms with E-state index in [4.69, 9.17) is 9.97 Å². The van der Waals surface area contributed by atoms with Gasteiger partial charge in [0.05, 0.1) is 22.2 Å². The lowest BCUT2D eigenvalue weighted by Crippen LogP contribution is -1.97. The van der Waals surface area contributed by atoms with Crippen molar-refractivity contribution in [1.29, 1.82) is 0 Å². The van der Waals surface area contributed by atoms with Gasteiger partial charge in [-0.05, 0) is 57.8 Å². The van der Waals surface area contributed by atoms with Crippen LogP contribution in [0.4, 0.5) is 0 Å². The van der Waals surface area contributed by atoms with Gasteiger partial charge in [-0.1, -0.05) is 127 Å². The molecule has 0 unspecified atom stereocenters. The number of benzene rings is 7. The molecule has 0 fully saturated rings. The maximum Gasteiger partial charge on any atom is 0.141 e. The topological polar surface area (TPSA) is 30.7 Å². The smallest absolute Gasteiger partial charge is 0.141 e. The molecule has 2 aromatic heterocycles. The Hall–Kier alpha value is -5.80. The van der Waals surface area contributed by atoms with Crippen molar-refractivity contribution in [2.24, 2.45) is 0 Å². The lowest BCUT2D eigenvalue weighted by Gasteiger charge is -2.16. The van der Waals surface area contributed by atoms with Gasteiger partial charge >= 0.3 is 0 Å². The molecule has 0 aliphatic carbocycles. The molecule has 0 amide bonds. The van der Waals surface area contributed by atoms with E-state index < -0.39 is 0 Å². The van der Waals surface area contributed by atoms with Crippen LogP contribution in [-0.2, 0) is 6.54 Å². The summed E-state index contributed by atoms with van der Waals surface area (Å²) in [7, 11) is 0. The Morgan fingerprint density at radius 2 is 0.911 bits per heavy atom.